The Balaban J connectivity index is 1.38. The predicted molar refractivity (Wildman–Crippen MR) is 119 cm³/mol. The summed E-state index contributed by atoms with van der Waals surface area (Å²) >= 11 is 0. The number of hydrogen-bond donors (Lipinski definition) is 4. The van der Waals surface area contributed by atoms with Crippen molar-refractivity contribution in [1.82, 2.24) is 15.3 Å². The van der Waals surface area contributed by atoms with E-state index in [4.69, 9.17) is 0 Å². The summed E-state index contributed by atoms with van der Waals surface area (Å²) in [5, 5.41) is 13.8. The highest BCUT2D eigenvalue weighted by Gasteiger charge is 2.35. The average Bonchev–Trinajstić information content (AvgIpc) is 3.13. The number of H-pyrrole nitrogens is 2. The van der Waals surface area contributed by atoms with Crippen LogP contribution in [0, 0.1) is 23.4 Å². The van der Waals surface area contributed by atoms with Gasteiger partial charge in [0.2, 0.25) is 0 Å². The number of pyridine rings is 1. The average molecular weight is 453 g/mol. The maximum atomic E-state index is 14.5. The first-order chi connectivity index (χ1) is 15.9. The van der Waals surface area contributed by atoms with Gasteiger partial charge in [-0.3, -0.25) is 10.1 Å². The van der Waals surface area contributed by atoms with E-state index in [0.29, 0.717) is 23.2 Å². The lowest BCUT2D eigenvalue weighted by Gasteiger charge is -2.36. The number of halogens is 3. The summed E-state index contributed by atoms with van der Waals surface area (Å²) in [6.07, 6.45) is 1.90. The maximum Gasteiger partial charge on any atom is 0.255 e. The fourth-order valence-electron chi connectivity index (χ4n) is 4.68. The number of benzene rings is 2. The van der Waals surface area contributed by atoms with Crippen molar-refractivity contribution in [1.29, 1.82) is 0 Å². The molecular formula is C25H22F3N3O2. The molecule has 2 aromatic heterocycles. The maximum absolute atomic E-state index is 14.5. The Hall–Kier alpha value is -3.36. The van der Waals surface area contributed by atoms with Gasteiger partial charge in [0.25, 0.3) is 5.56 Å². The van der Waals surface area contributed by atoms with E-state index in [1.165, 1.54) is 24.4 Å². The smallest absolute Gasteiger partial charge is 0.255 e. The van der Waals surface area contributed by atoms with Gasteiger partial charge in [0.15, 0.2) is 0 Å². The summed E-state index contributed by atoms with van der Waals surface area (Å²) in [7, 11) is 0. The fraction of sp³-hybridized carbons (Fsp3) is 0.240. The van der Waals surface area contributed by atoms with Crippen LogP contribution in [0.3, 0.4) is 0 Å². The van der Waals surface area contributed by atoms with Crippen molar-refractivity contribution >= 4 is 10.9 Å². The van der Waals surface area contributed by atoms with Crippen molar-refractivity contribution in [3.8, 4) is 11.3 Å². The number of aromatic amines is 2. The molecule has 170 valence electrons. The summed E-state index contributed by atoms with van der Waals surface area (Å²) in [6.45, 7) is 0.489. The highest BCUT2D eigenvalue weighted by atomic mass is 19.1. The normalized spacial score (nSPS) is 18.9. The molecule has 1 saturated carbocycles. The highest BCUT2D eigenvalue weighted by Crippen LogP contribution is 2.48. The van der Waals surface area contributed by atoms with Crippen LogP contribution in [0.4, 0.5) is 13.2 Å². The minimum absolute atomic E-state index is 0.0454. The molecule has 1 aliphatic carbocycles. The molecule has 0 saturated heterocycles. The number of aromatic nitrogens is 2. The first-order valence-electron chi connectivity index (χ1n) is 10.8. The van der Waals surface area contributed by atoms with E-state index in [2.05, 4.69) is 15.3 Å². The van der Waals surface area contributed by atoms with Crippen LogP contribution < -0.4 is 10.9 Å². The number of rotatable bonds is 6. The molecule has 0 radical (unpaired) electrons. The largest absolute Gasteiger partial charge is 0.374 e. The minimum Gasteiger partial charge on any atom is -0.374 e. The summed E-state index contributed by atoms with van der Waals surface area (Å²) in [5.74, 6) is -1.44. The van der Waals surface area contributed by atoms with Crippen molar-refractivity contribution < 1.29 is 18.3 Å². The predicted octanol–water partition coefficient (Wildman–Crippen LogP) is 4.71. The Morgan fingerprint density at radius 3 is 2.55 bits per heavy atom. The summed E-state index contributed by atoms with van der Waals surface area (Å²) in [4.78, 5) is 17.4. The molecule has 4 aromatic rings. The lowest BCUT2D eigenvalue weighted by atomic mass is 9.70. The molecule has 5 nitrogen and oxygen atoms in total. The van der Waals surface area contributed by atoms with Gasteiger partial charge >= 0.3 is 0 Å². The zero-order valence-electron chi connectivity index (χ0n) is 17.5. The van der Waals surface area contributed by atoms with Crippen molar-refractivity contribution in [2.24, 2.45) is 5.92 Å². The Morgan fingerprint density at radius 1 is 1.06 bits per heavy atom. The summed E-state index contributed by atoms with van der Waals surface area (Å²) < 4.78 is 42.0. The molecule has 2 aromatic carbocycles. The van der Waals surface area contributed by atoms with Crippen molar-refractivity contribution in [2.75, 3.05) is 6.54 Å². The molecule has 5 rings (SSSR count). The zero-order valence-corrected chi connectivity index (χ0v) is 17.5. The third kappa shape index (κ3) is 4.07. The van der Waals surface area contributed by atoms with E-state index in [9.17, 15) is 23.1 Å². The van der Waals surface area contributed by atoms with Crippen LogP contribution in [0.2, 0.25) is 0 Å². The second kappa shape index (κ2) is 8.53. The van der Waals surface area contributed by atoms with Crippen molar-refractivity contribution in [2.45, 2.75) is 25.0 Å². The van der Waals surface area contributed by atoms with E-state index in [0.717, 1.165) is 24.5 Å². The van der Waals surface area contributed by atoms with Crippen LogP contribution in [-0.2, 0) is 0 Å². The van der Waals surface area contributed by atoms with Gasteiger partial charge in [-0.1, -0.05) is 0 Å². The first kappa shape index (κ1) is 21.5. The SMILES string of the molecule is O=c1[nH]cccc1C(O)NCC1CC(c2c(-c3ccc(F)cc3)[nH]c3c(F)cc(F)cc23)C1. The van der Waals surface area contributed by atoms with Gasteiger partial charge < -0.3 is 15.1 Å². The molecule has 33 heavy (non-hydrogen) atoms. The van der Waals surface area contributed by atoms with Gasteiger partial charge in [-0.05, 0) is 78.3 Å². The number of fused-ring (bicyclic) bond motifs is 1. The molecule has 2 heterocycles. The highest BCUT2D eigenvalue weighted by molar-refractivity contribution is 5.92. The standard InChI is InChI=1S/C25H22F3N3O2/c26-16-5-3-14(4-6-16)22-21(19-10-17(27)11-20(28)23(19)31-22)15-8-13(9-15)12-30-25(33)18-2-1-7-29-24(18)32/h1-7,10-11,13,15,25,30-31,33H,8-9,12H2,(H,29,32). The molecule has 0 bridgehead atoms. The second-order valence-electron chi connectivity index (χ2n) is 8.53. The van der Waals surface area contributed by atoms with Crippen LogP contribution in [0.1, 0.15) is 36.1 Å². The van der Waals surface area contributed by atoms with E-state index in [1.807, 2.05) is 0 Å². The number of aliphatic hydroxyl groups excluding tert-OH is 1. The van der Waals surface area contributed by atoms with E-state index < -0.39 is 17.9 Å². The van der Waals surface area contributed by atoms with Gasteiger partial charge in [0, 0.05) is 24.2 Å². The lowest BCUT2D eigenvalue weighted by molar-refractivity contribution is 0.118. The van der Waals surface area contributed by atoms with Gasteiger partial charge in [-0.2, -0.15) is 0 Å². The second-order valence-corrected chi connectivity index (χ2v) is 8.53. The molecule has 0 spiro atoms. The number of aliphatic hydroxyl groups is 1. The number of hydrogen-bond acceptors (Lipinski definition) is 3. The Labute approximate surface area is 187 Å². The number of nitrogens with one attached hydrogen (secondary N) is 3. The quantitative estimate of drug-likeness (QED) is 0.319. The van der Waals surface area contributed by atoms with E-state index in [-0.39, 0.29) is 34.3 Å². The van der Waals surface area contributed by atoms with Crippen molar-refractivity contribution in [3.05, 3.63) is 93.7 Å². The third-order valence-electron chi connectivity index (χ3n) is 6.38. The molecule has 1 fully saturated rings. The first-order valence-corrected chi connectivity index (χ1v) is 10.8. The molecule has 8 heteroatoms. The van der Waals surface area contributed by atoms with Crippen LogP contribution in [0.5, 0.6) is 0 Å². The van der Waals surface area contributed by atoms with Gasteiger partial charge in [-0.15, -0.1) is 0 Å². The topological polar surface area (TPSA) is 80.9 Å². The molecule has 1 aliphatic rings. The Bertz CT molecular complexity index is 1360. The Morgan fingerprint density at radius 2 is 1.82 bits per heavy atom. The van der Waals surface area contributed by atoms with Gasteiger partial charge in [-0.25, -0.2) is 13.2 Å². The molecule has 1 atom stereocenters. The summed E-state index contributed by atoms with van der Waals surface area (Å²) in [5.41, 5.74) is 2.28. The molecular weight excluding hydrogens is 431 g/mol. The van der Waals surface area contributed by atoms with Crippen LogP contribution in [0.15, 0.2) is 59.5 Å². The van der Waals surface area contributed by atoms with E-state index in [1.54, 1.807) is 24.3 Å². The fourth-order valence-corrected chi connectivity index (χ4v) is 4.68. The molecule has 0 amide bonds. The molecule has 1 unspecified atom stereocenters. The monoisotopic (exact) mass is 453 g/mol. The van der Waals surface area contributed by atoms with Crippen LogP contribution in [0.25, 0.3) is 22.2 Å². The Kier molecular flexibility index (Phi) is 5.55. The lowest BCUT2D eigenvalue weighted by Crippen LogP contribution is -2.35. The van der Waals surface area contributed by atoms with E-state index >= 15 is 0 Å². The van der Waals surface area contributed by atoms with Crippen LogP contribution >= 0.6 is 0 Å². The van der Waals surface area contributed by atoms with Crippen molar-refractivity contribution in [3.63, 3.8) is 0 Å². The molecule has 4 N–H and O–H groups in total. The van der Waals surface area contributed by atoms with Gasteiger partial charge in [0.05, 0.1) is 16.8 Å². The molecule has 0 aliphatic heterocycles. The summed E-state index contributed by atoms with van der Waals surface area (Å²) in [6, 6.07) is 11.3. The third-order valence-corrected chi connectivity index (χ3v) is 6.38. The van der Waals surface area contributed by atoms with Crippen LogP contribution in [-0.4, -0.2) is 21.6 Å². The minimum atomic E-state index is -1.08. The van der Waals surface area contributed by atoms with Gasteiger partial charge in [0.1, 0.15) is 23.7 Å². The zero-order chi connectivity index (χ0) is 23.1.